The first kappa shape index (κ1) is 16.3. The number of thioether (sulfide) groups is 1. The van der Waals surface area contributed by atoms with Gasteiger partial charge in [0.2, 0.25) is 5.91 Å². The summed E-state index contributed by atoms with van der Waals surface area (Å²) in [7, 11) is 0. The van der Waals surface area contributed by atoms with Gasteiger partial charge in [0.1, 0.15) is 6.33 Å². The summed E-state index contributed by atoms with van der Waals surface area (Å²) in [6, 6.07) is 0.281. The summed E-state index contributed by atoms with van der Waals surface area (Å²) in [5.74, 6) is 0.511. The molecular formula is C14H24N4O2S. The summed E-state index contributed by atoms with van der Waals surface area (Å²) in [6.07, 6.45) is 5.50. The molecule has 21 heavy (non-hydrogen) atoms. The fraction of sp³-hybridized carbons (Fsp3) is 0.786. The van der Waals surface area contributed by atoms with Gasteiger partial charge in [-0.15, -0.1) is 10.2 Å². The molecule has 0 aliphatic heterocycles. The largest absolute Gasteiger partial charge is 0.393 e. The number of aromatic nitrogens is 3. The van der Waals surface area contributed by atoms with Crippen LogP contribution in [0.2, 0.25) is 0 Å². The average molecular weight is 312 g/mol. The van der Waals surface area contributed by atoms with Crippen molar-refractivity contribution in [2.75, 3.05) is 12.3 Å². The number of aliphatic hydroxyl groups excluding tert-OH is 1. The highest BCUT2D eigenvalue weighted by Crippen LogP contribution is 2.23. The second-order valence-electron chi connectivity index (χ2n) is 5.82. The molecule has 1 aromatic heterocycles. The summed E-state index contributed by atoms with van der Waals surface area (Å²) in [6.45, 7) is 4.67. The van der Waals surface area contributed by atoms with E-state index >= 15 is 0 Å². The van der Waals surface area contributed by atoms with Crippen molar-refractivity contribution >= 4 is 17.7 Å². The number of hydrogen-bond acceptors (Lipinski definition) is 5. The highest BCUT2D eigenvalue weighted by molar-refractivity contribution is 7.99. The van der Waals surface area contributed by atoms with E-state index in [0.717, 1.165) is 30.8 Å². The number of nitrogens with one attached hydrogen (secondary N) is 1. The molecule has 1 fully saturated rings. The van der Waals surface area contributed by atoms with Gasteiger partial charge in [-0.2, -0.15) is 0 Å². The standard InChI is InChI=1S/C14H24N4O2S/c1-10(2)18-9-16-17-14(18)21-8-13(20)15-7-11-5-3-4-6-12(11)19/h9-12,19H,3-8H2,1-2H3,(H,15,20). The van der Waals surface area contributed by atoms with Crippen molar-refractivity contribution in [2.24, 2.45) is 5.92 Å². The van der Waals surface area contributed by atoms with E-state index in [1.807, 2.05) is 4.57 Å². The Labute approximate surface area is 129 Å². The average Bonchev–Trinajstić information content (AvgIpc) is 2.93. The molecule has 118 valence electrons. The zero-order valence-corrected chi connectivity index (χ0v) is 13.5. The van der Waals surface area contributed by atoms with Crippen LogP contribution in [-0.4, -0.2) is 44.2 Å². The topological polar surface area (TPSA) is 80.0 Å². The maximum atomic E-state index is 11.9. The fourth-order valence-corrected chi connectivity index (χ4v) is 3.42. The Hall–Kier alpha value is -1.08. The van der Waals surface area contributed by atoms with Crippen molar-refractivity contribution in [1.29, 1.82) is 0 Å². The molecule has 1 amide bonds. The fourth-order valence-electron chi connectivity index (χ4n) is 2.54. The molecule has 6 nitrogen and oxygen atoms in total. The monoisotopic (exact) mass is 312 g/mol. The Morgan fingerprint density at radius 3 is 3.00 bits per heavy atom. The molecule has 7 heteroatoms. The number of nitrogens with zero attached hydrogens (tertiary/aromatic N) is 3. The Balaban J connectivity index is 1.73. The third-order valence-electron chi connectivity index (χ3n) is 3.86. The highest BCUT2D eigenvalue weighted by atomic mass is 32.2. The number of carbonyl (C=O) groups excluding carboxylic acids is 1. The maximum Gasteiger partial charge on any atom is 0.230 e. The number of rotatable bonds is 6. The molecule has 2 atom stereocenters. The Kier molecular flexibility index (Phi) is 6.05. The summed E-state index contributed by atoms with van der Waals surface area (Å²) >= 11 is 1.39. The van der Waals surface area contributed by atoms with Crippen LogP contribution in [-0.2, 0) is 4.79 Å². The van der Waals surface area contributed by atoms with Gasteiger partial charge in [-0.3, -0.25) is 4.79 Å². The van der Waals surface area contributed by atoms with E-state index in [0.29, 0.717) is 12.3 Å². The van der Waals surface area contributed by atoms with E-state index in [4.69, 9.17) is 0 Å². The molecule has 0 radical (unpaired) electrons. The van der Waals surface area contributed by atoms with Crippen LogP contribution >= 0.6 is 11.8 Å². The quantitative estimate of drug-likeness (QED) is 0.780. The molecule has 0 aromatic carbocycles. The molecule has 1 aliphatic rings. The lowest BCUT2D eigenvalue weighted by Crippen LogP contribution is -2.37. The third kappa shape index (κ3) is 4.71. The minimum absolute atomic E-state index is 0.0175. The molecule has 0 saturated heterocycles. The Bertz CT molecular complexity index is 464. The Morgan fingerprint density at radius 1 is 1.52 bits per heavy atom. The molecule has 1 heterocycles. The van der Waals surface area contributed by atoms with Crippen LogP contribution < -0.4 is 5.32 Å². The van der Waals surface area contributed by atoms with Gasteiger partial charge in [0.15, 0.2) is 5.16 Å². The second-order valence-corrected chi connectivity index (χ2v) is 6.76. The summed E-state index contributed by atoms with van der Waals surface area (Å²) < 4.78 is 1.95. The molecule has 0 spiro atoms. The van der Waals surface area contributed by atoms with Gasteiger partial charge < -0.3 is 15.0 Å². The van der Waals surface area contributed by atoms with Crippen LogP contribution in [0.1, 0.15) is 45.6 Å². The molecule has 2 N–H and O–H groups in total. The van der Waals surface area contributed by atoms with Crippen molar-refractivity contribution in [3.05, 3.63) is 6.33 Å². The van der Waals surface area contributed by atoms with Crippen molar-refractivity contribution < 1.29 is 9.90 Å². The van der Waals surface area contributed by atoms with Crippen molar-refractivity contribution in [2.45, 2.75) is 56.8 Å². The van der Waals surface area contributed by atoms with Crippen LogP contribution in [0.15, 0.2) is 11.5 Å². The third-order valence-corrected chi connectivity index (χ3v) is 4.82. The number of amides is 1. The SMILES string of the molecule is CC(C)n1cnnc1SCC(=O)NCC1CCCCC1O. The van der Waals surface area contributed by atoms with Crippen LogP contribution in [0.4, 0.5) is 0 Å². The van der Waals surface area contributed by atoms with Gasteiger partial charge in [0, 0.05) is 18.5 Å². The number of hydrogen-bond donors (Lipinski definition) is 2. The first-order chi connectivity index (χ1) is 10.1. The molecule has 0 bridgehead atoms. The van der Waals surface area contributed by atoms with Crippen molar-refractivity contribution in [3.8, 4) is 0 Å². The normalized spacial score (nSPS) is 22.5. The maximum absolute atomic E-state index is 11.9. The molecular weight excluding hydrogens is 288 g/mol. The smallest absolute Gasteiger partial charge is 0.230 e. The first-order valence-electron chi connectivity index (χ1n) is 7.55. The van der Waals surface area contributed by atoms with Crippen LogP contribution in [0.25, 0.3) is 0 Å². The van der Waals surface area contributed by atoms with E-state index < -0.39 is 0 Å². The van der Waals surface area contributed by atoms with Gasteiger partial charge in [-0.05, 0) is 26.7 Å². The minimum atomic E-state index is -0.268. The molecule has 2 unspecified atom stereocenters. The van der Waals surface area contributed by atoms with E-state index in [1.165, 1.54) is 11.8 Å². The van der Waals surface area contributed by atoms with Gasteiger partial charge in [0.25, 0.3) is 0 Å². The van der Waals surface area contributed by atoms with E-state index in [1.54, 1.807) is 6.33 Å². The number of aliphatic hydroxyl groups is 1. The van der Waals surface area contributed by atoms with Gasteiger partial charge in [-0.1, -0.05) is 24.6 Å². The molecule has 2 rings (SSSR count). The number of carbonyl (C=O) groups is 1. The predicted octanol–water partition coefficient (Wildman–Crippen LogP) is 1.62. The van der Waals surface area contributed by atoms with Crippen LogP contribution in [0.3, 0.4) is 0 Å². The lowest BCUT2D eigenvalue weighted by Gasteiger charge is -2.27. The second kappa shape index (κ2) is 7.79. The van der Waals surface area contributed by atoms with E-state index in [2.05, 4.69) is 29.4 Å². The lowest BCUT2D eigenvalue weighted by atomic mass is 9.86. The van der Waals surface area contributed by atoms with Gasteiger partial charge in [-0.25, -0.2) is 0 Å². The molecule has 1 saturated carbocycles. The van der Waals surface area contributed by atoms with E-state index in [-0.39, 0.29) is 24.0 Å². The lowest BCUT2D eigenvalue weighted by molar-refractivity contribution is -0.119. The molecule has 1 aromatic rings. The van der Waals surface area contributed by atoms with E-state index in [9.17, 15) is 9.90 Å². The molecule has 1 aliphatic carbocycles. The van der Waals surface area contributed by atoms with Crippen LogP contribution in [0, 0.1) is 5.92 Å². The zero-order valence-electron chi connectivity index (χ0n) is 12.7. The van der Waals surface area contributed by atoms with Crippen molar-refractivity contribution in [3.63, 3.8) is 0 Å². The van der Waals surface area contributed by atoms with Gasteiger partial charge in [0.05, 0.1) is 11.9 Å². The summed E-state index contributed by atoms with van der Waals surface area (Å²) in [4.78, 5) is 11.9. The summed E-state index contributed by atoms with van der Waals surface area (Å²) in [5.41, 5.74) is 0. The van der Waals surface area contributed by atoms with Gasteiger partial charge >= 0.3 is 0 Å². The highest BCUT2D eigenvalue weighted by Gasteiger charge is 2.23. The van der Waals surface area contributed by atoms with Crippen LogP contribution in [0.5, 0.6) is 0 Å². The Morgan fingerprint density at radius 2 is 2.29 bits per heavy atom. The zero-order chi connectivity index (χ0) is 15.2. The van der Waals surface area contributed by atoms with Crippen molar-refractivity contribution in [1.82, 2.24) is 20.1 Å². The first-order valence-corrected chi connectivity index (χ1v) is 8.53. The predicted molar refractivity (Wildman–Crippen MR) is 82.1 cm³/mol. The minimum Gasteiger partial charge on any atom is -0.393 e. The summed E-state index contributed by atoms with van der Waals surface area (Å²) in [5, 5.41) is 21.5.